The molecule has 9 heteroatoms. The molecule has 4 aromatic rings. The molecular weight excluding hydrogens is 478 g/mol. The van der Waals surface area contributed by atoms with Crippen molar-refractivity contribution in [3.05, 3.63) is 101 Å². The van der Waals surface area contributed by atoms with Crippen LogP contribution in [0, 0.1) is 12.1 Å². The molecule has 194 valence electrons. The lowest BCUT2D eigenvalue weighted by Gasteiger charge is -2.32. The van der Waals surface area contributed by atoms with Crippen molar-refractivity contribution < 1.29 is 9.52 Å². The van der Waals surface area contributed by atoms with E-state index in [1.807, 2.05) is 55.5 Å². The van der Waals surface area contributed by atoms with Crippen LogP contribution >= 0.6 is 0 Å². The quantitative estimate of drug-likeness (QED) is 0.289. The molecule has 1 aliphatic heterocycles. The minimum atomic E-state index is -0.167. The van der Waals surface area contributed by atoms with Gasteiger partial charge in [0.25, 0.3) is 5.91 Å². The molecule has 0 saturated carbocycles. The van der Waals surface area contributed by atoms with E-state index >= 15 is 0 Å². The van der Waals surface area contributed by atoms with Crippen molar-refractivity contribution in [1.29, 1.82) is 0 Å². The van der Waals surface area contributed by atoms with Crippen molar-refractivity contribution >= 4 is 23.2 Å². The zero-order valence-corrected chi connectivity index (χ0v) is 21.6. The molecule has 9 nitrogen and oxygen atoms in total. The number of likely N-dealkylation sites (N-methyl/N-ethyl adjacent to an activating group) is 1. The fourth-order valence-corrected chi connectivity index (χ4v) is 4.37. The van der Waals surface area contributed by atoms with E-state index in [0.717, 1.165) is 48.7 Å². The third kappa shape index (κ3) is 6.31. The normalized spacial score (nSPS) is 14.3. The number of hydrogen-bond acceptors (Lipinski definition) is 7. The van der Waals surface area contributed by atoms with Gasteiger partial charge < -0.3 is 20.7 Å². The number of aryl methyl sites for hydroxylation is 1. The molecular formula is C29H31N7O2. The van der Waals surface area contributed by atoms with Crippen LogP contribution in [0.3, 0.4) is 0 Å². The Balaban J connectivity index is 1.24. The number of amides is 1. The van der Waals surface area contributed by atoms with Gasteiger partial charge in [-0.3, -0.25) is 9.69 Å². The van der Waals surface area contributed by atoms with Gasteiger partial charge in [0.15, 0.2) is 12.4 Å². The van der Waals surface area contributed by atoms with Gasteiger partial charge >= 0.3 is 0 Å². The van der Waals surface area contributed by atoms with Crippen LogP contribution in [0.5, 0.6) is 0 Å². The first kappa shape index (κ1) is 25.3. The molecule has 0 radical (unpaired) electrons. The van der Waals surface area contributed by atoms with Crippen LogP contribution in [-0.4, -0.2) is 58.9 Å². The highest BCUT2D eigenvalue weighted by Gasteiger charge is 2.14. The van der Waals surface area contributed by atoms with Crippen molar-refractivity contribution in [2.45, 2.75) is 13.5 Å². The van der Waals surface area contributed by atoms with Crippen LogP contribution in [0.25, 0.3) is 11.3 Å². The van der Waals surface area contributed by atoms with Gasteiger partial charge in [-0.1, -0.05) is 18.2 Å². The maximum atomic E-state index is 12.9. The molecule has 1 amide bonds. The molecule has 0 unspecified atom stereocenters. The van der Waals surface area contributed by atoms with Crippen LogP contribution in [0.15, 0.2) is 79.3 Å². The highest BCUT2D eigenvalue weighted by molar-refractivity contribution is 6.04. The maximum absolute atomic E-state index is 12.9. The smallest absolute Gasteiger partial charge is 0.255 e. The lowest BCUT2D eigenvalue weighted by atomic mass is 10.1. The van der Waals surface area contributed by atoms with Crippen LogP contribution < -0.4 is 15.4 Å². The summed E-state index contributed by atoms with van der Waals surface area (Å²) < 4.78 is 0.738. The van der Waals surface area contributed by atoms with E-state index in [2.05, 4.69) is 37.4 Å². The van der Waals surface area contributed by atoms with Crippen molar-refractivity contribution in [1.82, 2.24) is 19.8 Å². The van der Waals surface area contributed by atoms with Gasteiger partial charge in [-0.05, 0) is 61.5 Å². The number of carbonyl (C=O) groups is 1. The predicted molar refractivity (Wildman–Crippen MR) is 148 cm³/mol. The molecule has 3 heterocycles. The summed E-state index contributed by atoms with van der Waals surface area (Å²) in [7, 11) is 2.15. The van der Waals surface area contributed by atoms with E-state index in [1.54, 1.807) is 18.3 Å². The number of benzene rings is 2. The Labute approximate surface area is 222 Å². The maximum Gasteiger partial charge on any atom is 0.255 e. The fraction of sp³-hybridized carbons (Fsp3) is 0.241. The van der Waals surface area contributed by atoms with Gasteiger partial charge in [0.05, 0.1) is 11.3 Å². The van der Waals surface area contributed by atoms with E-state index in [-0.39, 0.29) is 5.91 Å². The molecule has 0 aliphatic carbocycles. The first-order valence-electron chi connectivity index (χ1n) is 12.6. The second-order valence-corrected chi connectivity index (χ2v) is 9.60. The number of rotatable bonds is 7. The molecule has 2 aromatic heterocycles. The first-order chi connectivity index (χ1) is 18.4. The minimum absolute atomic E-state index is 0.167. The molecule has 0 bridgehead atoms. The SMILES string of the molecule is Cc1ccc(NC(=O)c2ccc(CN3CCN(C)CC3)cc2)cc1Nc1nccc(-c2ccc[n+]([O-])c2)n1. The van der Waals surface area contributed by atoms with E-state index in [4.69, 9.17) is 0 Å². The van der Waals surface area contributed by atoms with Crippen molar-refractivity contribution in [3.8, 4) is 11.3 Å². The van der Waals surface area contributed by atoms with E-state index in [0.29, 0.717) is 28.5 Å². The molecule has 1 fully saturated rings. The van der Waals surface area contributed by atoms with Gasteiger partial charge in [-0.2, -0.15) is 4.73 Å². The number of anilines is 3. The summed E-state index contributed by atoms with van der Waals surface area (Å²) in [6, 6.07) is 18.7. The molecule has 2 aromatic carbocycles. The van der Waals surface area contributed by atoms with E-state index in [9.17, 15) is 10.0 Å². The van der Waals surface area contributed by atoms with Crippen LogP contribution in [0.2, 0.25) is 0 Å². The number of nitrogens with one attached hydrogen (secondary N) is 2. The summed E-state index contributed by atoms with van der Waals surface area (Å²) >= 11 is 0. The summed E-state index contributed by atoms with van der Waals surface area (Å²) in [6.07, 6.45) is 4.53. The van der Waals surface area contributed by atoms with Crippen LogP contribution in [0.4, 0.5) is 17.3 Å². The second-order valence-electron chi connectivity index (χ2n) is 9.60. The second kappa shape index (κ2) is 11.4. The summed E-state index contributed by atoms with van der Waals surface area (Å²) in [5.41, 5.74) is 5.55. The fourth-order valence-electron chi connectivity index (χ4n) is 4.37. The van der Waals surface area contributed by atoms with E-state index < -0.39 is 0 Å². The number of hydrogen-bond donors (Lipinski definition) is 2. The Morgan fingerprint density at radius 1 is 1.05 bits per heavy atom. The molecule has 1 saturated heterocycles. The third-order valence-corrected chi connectivity index (χ3v) is 6.69. The zero-order valence-electron chi connectivity index (χ0n) is 21.6. The molecule has 1 aliphatic rings. The minimum Gasteiger partial charge on any atom is -0.619 e. The third-order valence-electron chi connectivity index (χ3n) is 6.69. The Morgan fingerprint density at radius 2 is 1.84 bits per heavy atom. The Kier molecular flexibility index (Phi) is 7.57. The lowest BCUT2D eigenvalue weighted by molar-refractivity contribution is -0.604. The average molecular weight is 510 g/mol. The Bertz CT molecular complexity index is 1420. The van der Waals surface area contributed by atoms with Gasteiger partial charge in [-0.15, -0.1) is 0 Å². The van der Waals surface area contributed by atoms with Crippen molar-refractivity contribution in [2.75, 3.05) is 43.9 Å². The monoisotopic (exact) mass is 509 g/mol. The van der Waals surface area contributed by atoms with Crippen molar-refractivity contribution in [2.24, 2.45) is 0 Å². The summed E-state index contributed by atoms with van der Waals surface area (Å²) in [4.78, 5) is 26.6. The highest BCUT2D eigenvalue weighted by Crippen LogP contribution is 2.24. The number of nitrogens with zero attached hydrogens (tertiary/aromatic N) is 5. The highest BCUT2D eigenvalue weighted by atomic mass is 16.5. The predicted octanol–water partition coefficient (Wildman–Crippen LogP) is 3.83. The lowest BCUT2D eigenvalue weighted by Crippen LogP contribution is -2.43. The number of pyridine rings is 1. The van der Waals surface area contributed by atoms with Gasteiger partial charge in [-0.25, -0.2) is 9.97 Å². The average Bonchev–Trinajstić information content (AvgIpc) is 2.92. The van der Waals surface area contributed by atoms with Crippen LogP contribution in [-0.2, 0) is 6.54 Å². The van der Waals surface area contributed by atoms with Gasteiger partial charge in [0, 0.05) is 61.9 Å². The Hall–Kier alpha value is -4.34. The van der Waals surface area contributed by atoms with Crippen molar-refractivity contribution in [3.63, 3.8) is 0 Å². The standard InChI is InChI=1S/C29H31N7O2/c1-21-5-10-25(18-27(21)33-29-30-12-11-26(32-29)24-4-3-13-36(38)20-24)31-28(37)23-8-6-22(7-9-23)19-35-16-14-34(2)15-17-35/h3-13,18,20H,14-17,19H2,1-2H3,(H,31,37)(H,30,32,33). The molecule has 5 rings (SSSR count). The first-order valence-corrected chi connectivity index (χ1v) is 12.6. The number of aromatic nitrogens is 3. The summed E-state index contributed by atoms with van der Waals surface area (Å²) in [5.74, 6) is 0.227. The molecule has 38 heavy (non-hydrogen) atoms. The Morgan fingerprint density at radius 3 is 2.61 bits per heavy atom. The number of piperazine rings is 1. The van der Waals surface area contributed by atoms with E-state index in [1.165, 1.54) is 18.0 Å². The molecule has 0 atom stereocenters. The molecule has 0 spiro atoms. The number of carbonyl (C=O) groups excluding carboxylic acids is 1. The zero-order chi connectivity index (χ0) is 26.5. The largest absolute Gasteiger partial charge is 0.619 e. The van der Waals surface area contributed by atoms with Gasteiger partial charge in [0.1, 0.15) is 0 Å². The molecule has 2 N–H and O–H groups in total. The topological polar surface area (TPSA) is 100 Å². The van der Waals surface area contributed by atoms with Crippen LogP contribution in [0.1, 0.15) is 21.5 Å². The van der Waals surface area contributed by atoms with Gasteiger partial charge in [0.2, 0.25) is 5.95 Å². The summed E-state index contributed by atoms with van der Waals surface area (Å²) in [5, 5.41) is 17.9. The summed E-state index contributed by atoms with van der Waals surface area (Å²) in [6.45, 7) is 7.15.